The lowest BCUT2D eigenvalue weighted by atomic mass is 10.2. The molecule has 0 saturated carbocycles. The van der Waals surface area contributed by atoms with E-state index in [0.717, 1.165) is 0 Å². The second-order valence-electron chi connectivity index (χ2n) is 5.01. The zero-order chi connectivity index (χ0) is 14.6. The highest BCUT2D eigenvalue weighted by molar-refractivity contribution is 7.89. The number of hydrogen-bond donors (Lipinski definition) is 0. The van der Waals surface area contributed by atoms with E-state index in [1.54, 1.807) is 37.3 Å². The number of rotatable bonds is 5. The SMILES string of the molecule is CC(=O)CCN1CCN(S(=O)(=O)c2ccccc2)CC1. The van der Waals surface area contributed by atoms with Crippen LogP contribution in [0.25, 0.3) is 0 Å². The van der Waals surface area contributed by atoms with Gasteiger partial charge in [0.15, 0.2) is 0 Å². The summed E-state index contributed by atoms with van der Waals surface area (Å²) in [7, 11) is -3.38. The highest BCUT2D eigenvalue weighted by Crippen LogP contribution is 2.17. The van der Waals surface area contributed by atoms with Crippen LogP contribution in [0.1, 0.15) is 13.3 Å². The van der Waals surface area contributed by atoms with Crippen LogP contribution < -0.4 is 0 Å². The third-order valence-corrected chi connectivity index (χ3v) is 5.41. The number of Topliss-reactive ketones (excluding diaryl/α,β-unsaturated/α-hetero) is 1. The lowest BCUT2D eigenvalue weighted by Crippen LogP contribution is -2.48. The Morgan fingerprint density at radius 1 is 1.10 bits per heavy atom. The first-order valence-corrected chi connectivity index (χ1v) is 8.21. The maximum absolute atomic E-state index is 12.4. The van der Waals surface area contributed by atoms with Gasteiger partial charge in [-0.25, -0.2) is 8.42 Å². The Bertz CT molecular complexity index is 549. The van der Waals surface area contributed by atoms with Gasteiger partial charge < -0.3 is 4.90 Å². The minimum atomic E-state index is -3.38. The molecule has 0 bridgehead atoms. The van der Waals surface area contributed by atoms with Crippen molar-refractivity contribution < 1.29 is 13.2 Å². The summed E-state index contributed by atoms with van der Waals surface area (Å²) < 4.78 is 26.3. The average molecular weight is 296 g/mol. The van der Waals surface area contributed by atoms with E-state index in [1.807, 2.05) is 0 Å². The van der Waals surface area contributed by atoms with Gasteiger partial charge in [0.1, 0.15) is 5.78 Å². The van der Waals surface area contributed by atoms with Gasteiger partial charge in [-0.3, -0.25) is 4.79 Å². The first-order valence-electron chi connectivity index (χ1n) is 6.77. The predicted octanol–water partition coefficient (Wildman–Crippen LogP) is 0.972. The number of sulfonamides is 1. The fraction of sp³-hybridized carbons (Fsp3) is 0.500. The van der Waals surface area contributed by atoms with Crippen LogP contribution in [0.15, 0.2) is 35.2 Å². The van der Waals surface area contributed by atoms with Crippen molar-refractivity contribution in [1.82, 2.24) is 9.21 Å². The van der Waals surface area contributed by atoms with Crippen molar-refractivity contribution in [2.75, 3.05) is 32.7 Å². The number of carbonyl (C=O) groups is 1. The minimum Gasteiger partial charge on any atom is -0.300 e. The van der Waals surface area contributed by atoms with E-state index in [0.29, 0.717) is 44.0 Å². The third kappa shape index (κ3) is 3.65. The minimum absolute atomic E-state index is 0.171. The molecular formula is C14H20N2O3S. The topological polar surface area (TPSA) is 57.7 Å². The standard InChI is InChI=1S/C14H20N2O3S/c1-13(17)7-8-15-9-11-16(12-10-15)20(18,19)14-5-3-2-4-6-14/h2-6H,7-12H2,1H3. The van der Waals surface area contributed by atoms with Crippen molar-refractivity contribution >= 4 is 15.8 Å². The van der Waals surface area contributed by atoms with Crippen molar-refractivity contribution in [2.24, 2.45) is 0 Å². The Balaban J connectivity index is 1.95. The van der Waals surface area contributed by atoms with Crippen molar-refractivity contribution in [2.45, 2.75) is 18.2 Å². The van der Waals surface area contributed by atoms with E-state index in [4.69, 9.17) is 0 Å². The van der Waals surface area contributed by atoms with Gasteiger partial charge >= 0.3 is 0 Å². The van der Waals surface area contributed by atoms with E-state index in [-0.39, 0.29) is 5.78 Å². The summed E-state index contributed by atoms with van der Waals surface area (Å²) in [6, 6.07) is 8.51. The summed E-state index contributed by atoms with van der Waals surface area (Å²) in [5.74, 6) is 0.171. The van der Waals surface area contributed by atoms with E-state index >= 15 is 0 Å². The highest BCUT2D eigenvalue weighted by Gasteiger charge is 2.28. The Morgan fingerprint density at radius 2 is 1.70 bits per heavy atom. The molecule has 0 N–H and O–H groups in total. The van der Waals surface area contributed by atoms with Crippen molar-refractivity contribution in [1.29, 1.82) is 0 Å². The van der Waals surface area contributed by atoms with Crippen LogP contribution in [0.3, 0.4) is 0 Å². The van der Waals surface area contributed by atoms with Crippen LogP contribution in [-0.2, 0) is 14.8 Å². The summed E-state index contributed by atoms with van der Waals surface area (Å²) >= 11 is 0. The first kappa shape index (κ1) is 15.2. The molecule has 1 aliphatic heterocycles. The molecule has 1 fully saturated rings. The van der Waals surface area contributed by atoms with Crippen LogP contribution in [0.5, 0.6) is 0 Å². The average Bonchev–Trinajstić information content (AvgIpc) is 2.46. The molecule has 0 radical (unpaired) electrons. The Hall–Kier alpha value is -1.24. The molecule has 0 aliphatic carbocycles. The molecule has 1 aromatic carbocycles. The fourth-order valence-corrected chi connectivity index (χ4v) is 3.69. The fourth-order valence-electron chi connectivity index (χ4n) is 2.25. The van der Waals surface area contributed by atoms with E-state index in [1.165, 1.54) is 4.31 Å². The van der Waals surface area contributed by atoms with Crippen molar-refractivity contribution in [3.8, 4) is 0 Å². The quantitative estimate of drug-likeness (QED) is 0.812. The molecule has 0 unspecified atom stereocenters. The molecule has 6 heteroatoms. The molecule has 0 spiro atoms. The molecule has 1 saturated heterocycles. The lowest BCUT2D eigenvalue weighted by molar-refractivity contribution is -0.117. The molecule has 1 aromatic rings. The van der Waals surface area contributed by atoms with Crippen LogP contribution in [0, 0.1) is 0 Å². The first-order chi connectivity index (χ1) is 9.50. The zero-order valence-corrected chi connectivity index (χ0v) is 12.5. The number of benzene rings is 1. The Kier molecular flexibility index (Phi) is 4.91. The number of piperazine rings is 1. The van der Waals surface area contributed by atoms with Gasteiger partial charge in [-0.2, -0.15) is 4.31 Å². The predicted molar refractivity (Wildman–Crippen MR) is 76.9 cm³/mol. The lowest BCUT2D eigenvalue weighted by Gasteiger charge is -2.33. The largest absolute Gasteiger partial charge is 0.300 e. The van der Waals surface area contributed by atoms with Crippen LogP contribution >= 0.6 is 0 Å². The third-order valence-electron chi connectivity index (χ3n) is 3.49. The summed E-state index contributed by atoms with van der Waals surface area (Å²) in [6.07, 6.45) is 0.533. The summed E-state index contributed by atoms with van der Waals surface area (Å²) in [5, 5.41) is 0. The van der Waals surface area contributed by atoms with E-state index < -0.39 is 10.0 Å². The molecular weight excluding hydrogens is 276 g/mol. The van der Waals surface area contributed by atoms with Crippen LogP contribution in [0.4, 0.5) is 0 Å². The number of nitrogens with zero attached hydrogens (tertiary/aromatic N) is 2. The summed E-state index contributed by atoms with van der Waals surface area (Å²) in [5.41, 5.74) is 0. The Labute approximate surface area is 120 Å². The monoisotopic (exact) mass is 296 g/mol. The second kappa shape index (κ2) is 6.47. The molecule has 110 valence electrons. The van der Waals surface area contributed by atoms with E-state index in [9.17, 15) is 13.2 Å². The maximum Gasteiger partial charge on any atom is 0.243 e. The maximum atomic E-state index is 12.4. The molecule has 2 rings (SSSR count). The van der Waals surface area contributed by atoms with Gasteiger partial charge in [0.05, 0.1) is 4.90 Å². The molecule has 0 amide bonds. The van der Waals surface area contributed by atoms with Gasteiger partial charge in [0.2, 0.25) is 10.0 Å². The molecule has 1 aliphatic rings. The van der Waals surface area contributed by atoms with Gasteiger partial charge in [0.25, 0.3) is 0 Å². The van der Waals surface area contributed by atoms with Gasteiger partial charge in [-0.05, 0) is 19.1 Å². The normalized spacial score (nSPS) is 18.1. The van der Waals surface area contributed by atoms with Crippen LogP contribution in [0.2, 0.25) is 0 Å². The highest BCUT2D eigenvalue weighted by atomic mass is 32.2. The van der Waals surface area contributed by atoms with Crippen molar-refractivity contribution in [3.05, 3.63) is 30.3 Å². The Morgan fingerprint density at radius 3 is 2.25 bits per heavy atom. The molecule has 1 heterocycles. The number of carbonyl (C=O) groups excluding carboxylic acids is 1. The van der Waals surface area contributed by atoms with Gasteiger partial charge in [-0.1, -0.05) is 18.2 Å². The molecule has 20 heavy (non-hydrogen) atoms. The molecule has 0 atom stereocenters. The second-order valence-corrected chi connectivity index (χ2v) is 6.95. The summed E-state index contributed by atoms with van der Waals surface area (Å²) in [4.78, 5) is 13.4. The van der Waals surface area contributed by atoms with Gasteiger partial charge in [0, 0.05) is 39.1 Å². The van der Waals surface area contributed by atoms with Gasteiger partial charge in [-0.15, -0.1) is 0 Å². The van der Waals surface area contributed by atoms with Crippen molar-refractivity contribution in [3.63, 3.8) is 0 Å². The van der Waals surface area contributed by atoms with E-state index in [2.05, 4.69) is 4.90 Å². The number of hydrogen-bond acceptors (Lipinski definition) is 4. The smallest absolute Gasteiger partial charge is 0.243 e. The van der Waals surface area contributed by atoms with Crippen LogP contribution in [-0.4, -0.2) is 56.1 Å². The molecule has 5 nitrogen and oxygen atoms in total. The molecule has 0 aromatic heterocycles. The number of ketones is 1. The zero-order valence-electron chi connectivity index (χ0n) is 11.7. The summed E-state index contributed by atoms with van der Waals surface area (Å²) in [6.45, 7) is 4.62.